The maximum Gasteiger partial charge on any atom is 0.234 e. The van der Waals surface area contributed by atoms with Crippen molar-refractivity contribution in [3.63, 3.8) is 0 Å². The number of piperazine rings is 1. The molecule has 18 heavy (non-hydrogen) atoms. The Bertz CT molecular complexity index is 261. The number of nitrogens with zero attached hydrogens (tertiary/aromatic N) is 1. The molecule has 5 heteroatoms. The van der Waals surface area contributed by atoms with Crippen LogP contribution in [0, 0.1) is 5.92 Å². The number of hydrogen-bond acceptors (Lipinski definition) is 4. The molecule has 1 amide bonds. The largest absolute Gasteiger partial charge is 0.381 e. The van der Waals surface area contributed by atoms with Crippen molar-refractivity contribution in [1.82, 2.24) is 15.5 Å². The molecule has 2 saturated heterocycles. The Morgan fingerprint density at radius 1 is 1.39 bits per heavy atom. The van der Waals surface area contributed by atoms with Gasteiger partial charge in [0.25, 0.3) is 0 Å². The van der Waals surface area contributed by atoms with Gasteiger partial charge >= 0.3 is 0 Å². The second-order valence-corrected chi connectivity index (χ2v) is 5.33. The molecular weight excluding hydrogens is 230 g/mol. The molecule has 0 aliphatic carbocycles. The van der Waals surface area contributed by atoms with Crippen molar-refractivity contribution >= 4 is 5.91 Å². The number of carbonyl (C=O) groups excluding carboxylic acids is 1. The van der Waals surface area contributed by atoms with Gasteiger partial charge in [-0.1, -0.05) is 0 Å². The highest BCUT2D eigenvalue weighted by molar-refractivity contribution is 5.78. The van der Waals surface area contributed by atoms with Gasteiger partial charge in [0.05, 0.1) is 6.54 Å². The first-order valence-corrected chi connectivity index (χ1v) is 7.06. The molecule has 2 N–H and O–H groups in total. The molecule has 5 nitrogen and oxygen atoms in total. The Kier molecular flexibility index (Phi) is 5.41. The van der Waals surface area contributed by atoms with E-state index in [4.69, 9.17) is 4.74 Å². The molecule has 2 fully saturated rings. The van der Waals surface area contributed by atoms with Gasteiger partial charge < -0.3 is 15.4 Å². The maximum atomic E-state index is 12.0. The van der Waals surface area contributed by atoms with Crippen LogP contribution in [-0.2, 0) is 9.53 Å². The summed E-state index contributed by atoms with van der Waals surface area (Å²) in [5.74, 6) is 0.738. The van der Waals surface area contributed by atoms with Crippen molar-refractivity contribution in [2.24, 2.45) is 5.92 Å². The molecule has 0 aromatic rings. The minimum absolute atomic E-state index is 0.163. The Labute approximate surface area is 109 Å². The molecule has 2 aliphatic rings. The van der Waals surface area contributed by atoms with Crippen molar-refractivity contribution in [3.8, 4) is 0 Å². The minimum atomic E-state index is 0.163. The van der Waals surface area contributed by atoms with E-state index in [0.29, 0.717) is 12.5 Å². The van der Waals surface area contributed by atoms with Crippen molar-refractivity contribution in [2.75, 3.05) is 45.9 Å². The molecule has 0 bridgehead atoms. The normalized spacial score (nSPS) is 24.7. The van der Waals surface area contributed by atoms with Crippen LogP contribution in [0.5, 0.6) is 0 Å². The first kappa shape index (κ1) is 13.8. The SMILES string of the molecule is CC(NC(=O)CN1CCNCC1)C1CCOCC1. The van der Waals surface area contributed by atoms with Crippen LogP contribution in [-0.4, -0.2) is 62.8 Å². The number of ether oxygens (including phenoxy) is 1. The summed E-state index contributed by atoms with van der Waals surface area (Å²) in [6.07, 6.45) is 2.13. The first-order valence-electron chi connectivity index (χ1n) is 7.06. The monoisotopic (exact) mass is 255 g/mol. The van der Waals surface area contributed by atoms with E-state index in [1.807, 2.05) is 0 Å². The molecule has 0 radical (unpaired) electrons. The van der Waals surface area contributed by atoms with E-state index >= 15 is 0 Å². The van der Waals surface area contributed by atoms with Crippen LogP contribution in [0.1, 0.15) is 19.8 Å². The van der Waals surface area contributed by atoms with E-state index in [1.165, 1.54) is 0 Å². The van der Waals surface area contributed by atoms with Crippen molar-refractivity contribution in [2.45, 2.75) is 25.8 Å². The van der Waals surface area contributed by atoms with Crippen LogP contribution in [0.15, 0.2) is 0 Å². The quantitative estimate of drug-likeness (QED) is 0.732. The van der Waals surface area contributed by atoms with Crippen LogP contribution in [0.3, 0.4) is 0 Å². The van der Waals surface area contributed by atoms with E-state index in [-0.39, 0.29) is 11.9 Å². The average Bonchev–Trinajstić information content (AvgIpc) is 2.40. The fourth-order valence-corrected chi connectivity index (χ4v) is 2.71. The van der Waals surface area contributed by atoms with Crippen LogP contribution in [0.25, 0.3) is 0 Å². The highest BCUT2D eigenvalue weighted by Gasteiger charge is 2.22. The fraction of sp³-hybridized carbons (Fsp3) is 0.923. The zero-order valence-electron chi connectivity index (χ0n) is 11.3. The van der Waals surface area contributed by atoms with E-state index in [1.54, 1.807) is 0 Å². The van der Waals surface area contributed by atoms with Crippen molar-refractivity contribution in [1.29, 1.82) is 0 Å². The molecule has 104 valence electrons. The van der Waals surface area contributed by atoms with Gasteiger partial charge in [-0.15, -0.1) is 0 Å². The summed E-state index contributed by atoms with van der Waals surface area (Å²) in [4.78, 5) is 14.2. The Morgan fingerprint density at radius 2 is 2.06 bits per heavy atom. The molecule has 0 saturated carbocycles. The molecule has 0 spiro atoms. The van der Waals surface area contributed by atoms with Crippen molar-refractivity contribution < 1.29 is 9.53 Å². The molecule has 0 aromatic heterocycles. The summed E-state index contributed by atoms with van der Waals surface area (Å²) >= 11 is 0. The van der Waals surface area contributed by atoms with Crippen molar-refractivity contribution in [3.05, 3.63) is 0 Å². The molecule has 2 aliphatic heterocycles. The van der Waals surface area contributed by atoms with E-state index < -0.39 is 0 Å². The Balaban J connectivity index is 1.68. The number of nitrogens with one attached hydrogen (secondary N) is 2. The summed E-state index contributed by atoms with van der Waals surface area (Å²) < 4.78 is 5.35. The van der Waals surface area contributed by atoms with Gasteiger partial charge in [0.2, 0.25) is 5.91 Å². The predicted molar refractivity (Wildman–Crippen MR) is 70.5 cm³/mol. The predicted octanol–water partition coefficient (Wildman–Crippen LogP) is -0.177. The molecule has 2 rings (SSSR count). The molecular formula is C13H25N3O2. The van der Waals surface area contributed by atoms with Gasteiger partial charge in [-0.05, 0) is 25.7 Å². The van der Waals surface area contributed by atoms with E-state index in [2.05, 4.69) is 22.5 Å². The van der Waals surface area contributed by atoms with Gasteiger partial charge in [0.1, 0.15) is 0 Å². The first-order chi connectivity index (χ1) is 8.75. The lowest BCUT2D eigenvalue weighted by molar-refractivity contribution is -0.123. The third-order valence-electron chi connectivity index (χ3n) is 3.94. The number of rotatable bonds is 4. The Hall–Kier alpha value is -0.650. The highest BCUT2D eigenvalue weighted by atomic mass is 16.5. The lowest BCUT2D eigenvalue weighted by atomic mass is 9.93. The van der Waals surface area contributed by atoms with Gasteiger partial charge in [-0.3, -0.25) is 9.69 Å². The zero-order valence-corrected chi connectivity index (χ0v) is 11.3. The fourth-order valence-electron chi connectivity index (χ4n) is 2.71. The summed E-state index contributed by atoms with van der Waals surface area (Å²) in [5, 5.41) is 6.43. The van der Waals surface area contributed by atoms with Crippen LogP contribution >= 0.6 is 0 Å². The number of hydrogen-bond donors (Lipinski definition) is 2. The van der Waals surface area contributed by atoms with Gasteiger partial charge in [0, 0.05) is 45.4 Å². The third-order valence-corrected chi connectivity index (χ3v) is 3.94. The molecule has 1 unspecified atom stereocenters. The maximum absolute atomic E-state index is 12.0. The summed E-state index contributed by atoms with van der Waals surface area (Å²) in [6.45, 7) is 8.25. The second-order valence-electron chi connectivity index (χ2n) is 5.33. The lowest BCUT2D eigenvalue weighted by Crippen LogP contribution is -2.49. The number of amides is 1. The second kappa shape index (κ2) is 7.07. The summed E-state index contributed by atoms with van der Waals surface area (Å²) in [6, 6.07) is 0.268. The summed E-state index contributed by atoms with van der Waals surface area (Å²) in [5.41, 5.74) is 0. The van der Waals surface area contributed by atoms with Crippen LogP contribution in [0.4, 0.5) is 0 Å². The standard InChI is InChI=1S/C13H25N3O2/c1-11(12-2-8-18-9-3-12)15-13(17)10-16-6-4-14-5-7-16/h11-12,14H,2-10H2,1H3,(H,15,17). The Morgan fingerprint density at radius 3 is 2.72 bits per heavy atom. The smallest absolute Gasteiger partial charge is 0.234 e. The minimum Gasteiger partial charge on any atom is -0.381 e. The average molecular weight is 255 g/mol. The lowest BCUT2D eigenvalue weighted by Gasteiger charge is -2.30. The molecule has 1 atom stereocenters. The molecule has 0 aromatic carbocycles. The highest BCUT2D eigenvalue weighted by Crippen LogP contribution is 2.18. The van der Waals surface area contributed by atoms with Crippen LogP contribution in [0.2, 0.25) is 0 Å². The van der Waals surface area contributed by atoms with Gasteiger partial charge in [-0.2, -0.15) is 0 Å². The summed E-state index contributed by atoms with van der Waals surface area (Å²) in [7, 11) is 0. The van der Waals surface area contributed by atoms with Gasteiger partial charge in [0.15, 0.2) is 0 Å². The van der Waals surface area contributed by atoms with Crippen LogP contribution < -0.4 is 10.6 Å². The number of carbonyl (C=O) groups is 1. The van der Waals surface area contributed by atoms with Gasteiger partial charge in [-0.25, -0.2) is 0 Å². The van der Waals surface area contributed by atoms with E-state index in [0.717, 1.165) is 52.2 Å². The van der Waals surface area contributed by atoms with E-state index in [9.17, 15) is 4.79 Å². The topological polar surface area (TPSA) is 53.6 Å². The zero-order chi connectivity index (χ0) is 12.8. The molecule has 2 heterocycles. The third kappa shape index (κ3) is 4.23.